The highest BCUT2D eigenvalue weighted by atomic mass is 15.0. The van der Waals surface area contributed by atoms with Gasteiger partial charge in [0.25, 0.3) is 0 Å². The molecule has 0 saturated carbocycles. The Bertz CT molecular complexity index is 3220. The molecular formula is C54H36N2. The van der Waals surface area contributed by atoms with Crippen LogP contribution >= 0.6 is 0 Å². The standard InChI is InChI=1S/C54H36N2/c1-4-16-37(17-5-1)40-22-14-23-41(32-40)44-33-43(39-20-8-3-9-21-39)35-46(36-44)56-52-29-13-11-27-48(52)50-31-30-49-47-26-10-12-28-51(47)55(53(49)54(50)56)45-25-15-24-42(34-45)38-18-6-2-7-19-38/h1-36H. The van der Waals surface area contributed by atoms with E-state index in [0.717, 1.165) is 11.4 Å². The topological polar surface area (TPSA) is 9.86 Å². The molecule has 0 atom stereocenters. The van der Waals surface area contributed by atoms with E-state index in [1.165, 1.54) is 88.1 Å². The highest BCUT2D eigenvalue weighted by molar-refractivity contribution is 6.24. The van der Waals surface area contributed by atoms with E-state index in [9.17, 15) is 0 Å². The van der Waals surface area contributed by atoms with Gasteiger partial charge in [0.1, 0.15) is 0 Å². The Morgan fingerprint density at radius 1 is 0.214 bits per heavy atom. The van der Waals surface area contributed by atoms with Gasteiger partial charge in [0.2, 0.25) is 0 Å². The summed E-state index contributed by atoms with van der Waals surface area (Å²) in [6, 6.07) is 79.5. The summed E-state index contributed by atoms with van der Waals surface area (Å²) in [7, 11) is 0. The molecule has 0 aliphatic heterocycles. The number of para-hydroxylation sites is 2. The number of hydrogen-bond donors (Lipinski definition) is 0. The molecule has 0 unspecified atom stereocenters. The molecule has 0 aliphatic rings. The second-order valence-electron chi connectivity index (χ2n) is 14.6. The van der Waals surface area contributed by atoms with Gasteiger partial charge in [0.15, 0.2) is 0 Å². The van der Waals surface area contributed by atoms with Gasteiger partial charge in [-0.1, -0.05) is 170 Å². The Morgan fingerprint density at radius 2 is 0.571 bits per heavy atom. The van der Waals surface area contributed by atoms with E-state index >= 15 is 0 Å². The van der Waals surface area contributed by atoms with Crippen molar-refractivity contribution in [3.8, 4) is 55.9 Å². The minimum atomic E-state index is 1.13. The predicted molar refractivity (Wildman–Crippen MR) is 237 cm³/mol. The van der Waals surface area contributed by atoms with Crippen molar-refractivity contribution in [1.29, 1.82) is 0 Å². The third-order valence-corrected chi connectivity index (χ3v) is 11.3. The number of fused-ring (bicyclic) bond motifs is 7. The zero-order chi connectivity index (χ0) is 37.0. The molecule has 0 saturated heterocycles. The fourth-order valence-electron chi connectivity index (χ4n) is 8.71. The molecule has 0 radical (unpaired) electrons. The average molecular weight is 713 g/mol. The predicted octanol–water partition coefficient (Wildman–Crippen LogP) is 14.5. The maximum absolute atomic E-state index is 2.51. The van der Waals surface area contributed by atoms with E-state index < -0.39 is 0 Å². The largest absolute Gasteiger partial charge is 0.307 e. The average Bonchev–Trinajstić information content (AvgIpc) is 3.80. The zero-order valence-corrected chi connectivity index (χ0v) is 30.7. The summed E-state index contributed by atoms with van der Waals surface area (Å²) in [6.07, 6.45) is 0. The third-order valence-electron chi connectivity index (χ3n) is 11.3. The summed E-state index contributed by atoms with van der Waals surface area (Å²) >= 11 is 0. The molecule has 56 heavy (non-hydrogen) atoms. The molecule has 0 aliphatic carbocycles. The molecule has 262 valence electrons. The van der Waals surface area contributed by atoms with Crippen molar-refractivity contribution in [3.63, 3.8) is 0 Å². The monoisotopic (exact) mass is 712 g/mol. The lowest BCUT2D eigenvalue weighted by Crippen LogP contribution is -2.00. The van der Waals surface area contributed by atoms with Gasteiger partial charge in [-0.3, -0.25) is 0 Å². The summed E-state index contributed by atoms with van der Waals surface area (Å²) in [5, 5.41) is 4.94. The molecule has 9 aromatic carbocycles. The number of benzene rings is 9. The van der Waals surface area contributed by atoms with Gasteiger partial charge in [-0.15, -0.1) is 0 Å². The molecule has 2 heteroatoms. The highest BCUT2D eigenvalue weighted by Crippen LogP contribution is 2.43. The number of hydrogen-bond acceptors (Lipinski definition) is 0. The SMILES string of the molecule is c1ccc(-c2cccc(-c3cc(-c4ccccc4)cc(-n4c5ccccc5c5ccc6c7ccccc7n(-c7cccc(-c8ccccc8)c7)c6c54)c3)c2)cc1. The summed E-state index contributed by atoms with van der Waals surface area (Å²) in [5.41, 5.74) is 16.6. The Morgan fingerprint density at radius 3 is 1.12 bits per heavy atom. The minimum absolute atomic E-state index is 1.13. The van der Waals surface area contributed by atoms with Crippen LogP contribution in [0.4, 0.5) is 0 Å². The first kappa shape index (κ1) is 32.0. The fourth-order valence-corrected chi connectivity index (χ4v) is 8.71. The van der Waals surface area contributed by atoms with E-state index in [0.29, 0.717) is 0 Å². The van der Waals surface area contributed by atoms with Gasteiger partial charge in [0.05, 0.1) is 22.1 Å². The highest BCUT2D eigenvalue weighted by Gasteiger charge is 2.22. The minimum Gasteiger partial charge on any atom is -0.307 e. The van der Waals surface area contributed by atoms with Crippen LogP contribution in [0.15, 0.2) is 218 Å². The van der Waals surface area contributed by atoms with Crippen molar-refractivity contribution in [2.75, 3.05) is 0 Å². The first-order valence-corrected chi connectivity index (χ1v) is 19.3. The Hall–Kier alpha value is -7.42. The van der Waals surface area contributed by atoms with Crippen LogP contribution in [0, 0.1) is 0 Å². The third kappa shape index (κ3) is 5.26. The molecule has 0 amide bonds. The lowest BCUT2D eigenvalue weighted by Gasteiger charge is -2.16. The van der Waals surface area contributed by atoms with Crippen molar-refractivity contribution in [2.45, 2.75) is 0 Å². The van der Waals surface area contributed by atoms with Crippen LogP contribution < -0.4 is 0 Å². The smallest absolute Gasteiger partial charge is 0.0788 e. The van der Waals surface area contributed by atoms with Crippen LogP contribution in [-0.2, 0) is 0 Å². The fraction of sp³-hybridized carbons (Fsp3) is 0. The summed E-state index contributed by atoms with van der Waals surface area (Å²) < 4.78 is 5.00. The van der Waals surface area contributed by atoms with Crippen molar-refractivity contribution in [1.82, 2.24) is 9.13 Å². The lowest BCUT2D eigenvalue weighted by atomic mass is 9.95. The normalized spacial score (nSPS) is 11.6. The number of aromatic nitrogens is 2. The molecule has 2 aromatic heterocycles. The van der Waals surface area contributed by atoms with Crippen molar-refractivity contribution in [2.24, 2.45) is 0 Å². The molecule has 0 bridgehead atoms. The van der Waals surface area contributed by atoms with Crippen LogP contribution in [0.2, 0.25) is 0 Å². The van der Waals surface area contributed by atoms with Crippen LogP contribution in [0.5, 0.6) is 0 Å². The van der Waals surface area contributed by atoms with Gasteiger partial charge >= 0.3 is 0 Å². The van der Waals surface area contributed by atoms with Gasteiger partial charge in [-0.05, 0) is 93.0 Å². The Kier molecular flexibility index (Phi) is 7.53. The zero-order valence-electron chi connectivity index (χ0n) is 30.7. The van der Waals surface area contributed by atoms with Crippen LogP contribution in [0.25, 0.3) is 99.5 Å². The molecule has 0 N–H and O–H groups in total. The molecule has 2 heterocycles. The van der Waals surface area contributed by atoms with Gasteiger partial charge in [-0.25, -0.2) is 0 Å². The first-order chi connectivity index (χ1) is 27.8. The van der Waals surface area contributed by atoms with Crippen molar-refractivity contribution >= 4 is 43.6 Å². The number of nitrogens with zero attached hydrogens (tertiary/aromatic N) is 2. The second kappa shape index (κ2) is 13.2. The Balaban J connectivity index is 1.24. The molecule has 11 rings (SSSR count). The molecule has 0 spiro atoms. The van der Waals surface area contributed by atoms with E-state index in [4.69, 9.17) is 0 Å². The van der Waals surface area contributed by atoms with Crippen LogP contribution in [-0.4, -0.2) is 9.13 Å². The first-order valence-electron chi connectivity index (χ1n) is 19.3. The number of rotatable bonds is 6. The summed E-state index contributed by atoms with van der Waals surface area (Å²) in [6.45, 7) is 0. The van der Waals surface area contributed by atoms with E-state index in [1.54, 1.807) is 0 Å². The Labute approximate surface area is 325 Å². The molecule has 2 nitrogen and oxygen atoms in total. The van der Waals surface area contributed by atoms with Crippen molar-refractivity contribution < 1.29 is 0 Å². The summed E-state index contributed by atoms with van der Waals surface area (Å²) in [5.74, 6) is 0. The van der Waals surface area contributed by atoms with E-state index in [1.807, 2.05) is 0 Å². The maximum atomic E-state index is 2.51. The summed E-state index contributed by atoms with van der Waals surface area (Å²) in [4.78, 5) is 0. The van der Waals surface area contributed by atoms with E-state index in [-0.39, 0.29) is 0 Å². The maximum Gasteiger partial charge on any atom is 0.0788 e. The van der Waals surface area contributed by atoms with Crippen LogP contribution in [0.3, 0.4) is 0 Å². The second-order valence-corrected chi connectivity index (χ2v) is 14.6. The van der Waals surface area contributed by atoms with Crippen molar-refractivity contribution in [3.05, 3.63) is 218 Å². The van der Waals surface area contributed by atoms with Gasteiger partial charge < -0.3 is 9.13 Å². The molecule has 11 aromatic rings. The molecule has 0 fully saturated rings. The van der Waals surface area contributed by atoms with Gasteiger partial charge in [0, 0.05) is 32.9 Å². The quantitative estimate of drug-likeness (QED) is 0.162. The lowest BCUT2D eigenvalue weighted by molar-refractivity contribution is 1.15. The van der Waals surface area contributed by atoms with E-state index in [2.05, 4.69) is 228 Å². The molecular weight excluding hydrogens is 677 g/mol. The van der Waals surface area contributed by atoms with Gasteiger partial charge in [-0.2, -0.15) is 0 Å². The van der Waals surface area contributed by atoms with Crippen LogP contribution in [0.1, 0.15) is 0 Å².